The number of ether oxygens (including phenoxy) is 1. The lowest BCUT2D eigenvalue weighted by molar-refractivity contribution is -0.384. The number of allylic oxidation sites excluding steroid dienone is 3. The number of hydrogen-bond donors (Lipinski definition) is 1. The Kier molecular flexibility index (Phi) is 7.03. The Hall–Kier alpha value is -4.70. The van der Waals surface area contributed by atoms with E-state index in [1.165, 1.54) is 12.1 Å². The molecule has 0 amide bonds. The van der Waals surface area contributed by atoms with Gasteiger partial charge < -0.3 is 10.1 Å². The highest BCUT2D eigenvalue weighted by Crippen LogP contribution is 2.44. The number of aromatic nitrogens is 1. The van der Waals surface area contributed by atoms with Crippen molar-refractivity contribution in [3.05, 3.63) is 123 Å². The minimum Gasteiger partial charge on any atom is -0.449 e. The maximum absolute atomic E-state index is 13.3. The van der Waals surface area contributed by atoms with Gasteiger partial charge in [0.05, 0.1) is 10.5 Å². The lowest BCUT2D eigenvalue weighted by atomic mass is 9.78. The van der Waals surface area contributed by atoms with E-state index in [2.05, 4.69) is 22.1 Å². The molecule has 1 atom stereocenters. The van der Waals surface area contributed by atoms with Gasteiger partial charge in [0.1, 0.15) is 0 Å². The summed E-state index contributed by atoms with van der Waals surface area (Å²) in [5.41, 5.74) is 4.80. The standard InChI is InChI=1S/C28H23N3O4/c1-19-25(23-13-7-15-29-18-23)27(22-12-6-14-24(17-22)31(33)34)26(20(2)30-19)28(32)35-16-8-11-21-9-4-3-5-10-21/h3-7,9-10,12-15,17-18,27,30H,16H2,1-2H3. The minimum atomic E-state index is -0.588. The number of nitro benzene ring substituents is 1. The van der Waals surface area contributed by atoms with Crippen molar-refractivity contribution >= 4 is 17.2 Å². The summed E-state index contributed by atoms with van der Waals surface area (Å²) in [4.78, 5) is 28.6. The van der Waals surface area contributed by atoms with E-state index in [1.54, 1.807) is 31.5 Å². The monoisotopic (exact) mass is 465 g/mol. The number of nitro groups is 1. The van der Waals surface area contributed by atoms with E-state index in [0.717, 1.165) is 22.4 Å². The van der Waals surface area contributed by atoms with Crippen LogP contribution < -0.4 is 5.32 Å². The van der Waals surface area contributed by atoms with Crippen LogP contribution in [0.1, 0.15) is 36.5 Å². The quantitative estimate of drug-likeness (QED) is 0.247. The molecule has 174 valence electrons. The summed E-state index contributed by atoms with van der Waals surface area (Å²) >= 11 is 0. The Bertz CT molecular complexity index is 1380. The van der Waals surface area contributed by atoms with Gasteiger partial charge in [0.2, 0.25) is 0 Å². The Morgan fingerprint density at radius 3 is 2.60 bits per heavy atom. The lowest BCUT2D eigenvalue weighted by Gasteiger charge is -2.31. The van der Waals surface area contributed by atoms with Crippen LogP contribution in [0.3, 0.4) is 0 Å². The first kappa shape index (κ1) is 23.5. The molecule has 1 unspecified atom stereocenters. The molecule has 35 heavy (non-hydrogen) atoms. The number of carbonyl (C=O) groups is 1. The van der Waals surface area contributed by atoms with E-state index in [4.69, 9.17) is 4.74 Å². The smallest absolute Gasteiger partial charge is 0.337 e. The minimum absolute atomic E-state index is 0.0525. The summed E-state index contributed by atoms with van der Waals surface area (Å²) in [6, 6.07) is 19.4. The van der Waals surface area contributed by atoms with E-state index < -0.39 is 16.8 Å². The van der Waals surface area contributed by atoms with Gasteiger partial charge in [-0.1, -0.05) is 48.2 Å². The van der Waals surface area contributed by atoms with Gasteiger partial charge in [-0.15, -0.1) is 0 Å². The molecule has 1 aliphatic heterocycles. The fraction of sp³-hybridized carbons (Fsp3) is 0.143. The van der Waals surface area contributed by atoms with Crippen LogP contribution in [0.5, 0.6) is 0 Å². The highest BCUT2D eigenvalue weighted by atomic mass is 16.6. The van der Waals surface area contributed by atoms with Gasteiger partial charge in [-0.2, -0.15) is 0 Å². The van der Waals surface area contributed by atoms with Crippen LogP contribution in [-0.2, 0) is 9.53 Å². The molecule has 1 aromatic heterocycles. The second kappa shape index (κ2) is 10.5. The zero-order valence-corrected chi connectivity index (χ0v) is 19.3. The van der Waals surface area contributed by atoms with E-state index in [1.807, 2.05) is 49.4 Å². The lowest BCUT2D eigenvalue weighted by Crippen LogP contribution is -2.28. The van der Waals surface area contributed by atoms with Crippen LogP contribution in [0.4, 0.5) is 5.69 Å². The zero-order valence-electron chi connectivity index (χ0n) is 19.3. The highest BCUT2D eigenvalue weighted by molar-refractivity contribution is 5.97. The zero-order chi connectivity index (χ0) is 24.8. The molecule has 3 aromatic rings. The van der Waals surface area contributed by atoms with Crippen LogP contribution >= 0.6 is 0 Å². The van der Waals surface area contributed by atoms with Crippen molar-refractivity contribution in [2.45, 2.75) is 19.8 Å². The summed E-state index contributed by atoms with van der Waals surface area (Å²) in [5, 5.41) is 14.7. The van der Waals surface area contributed by atoms with Crippen molar-refractivity contribution in [3.8, 4) is 11.8 Å². The first-order valence-corrected chi connectivity index (χ1v) is 11.0. The average molecular weight is 466 g/mol. The number of hydrogen-bond acceptors (Lipinski definition) is 6. The fourth-order valence-electron chi connectivity index (χ4n) is 4.16. The number of rotatable bonds is 5. The Morgan fingerprint density at radius 2 is 1.89 bits per heavy atom. The Labute approximate surface area is 203 Å². The van der Waals surface area contributed by atoms with Gasteiger partial charge in [0.25, 0.3) is 5.69 Å². The number of carbonyl (C=O) groups excluding carboxylic acids is 1. The highest BCUT2D eigenvalue weighted by Gasteiger charge is 2.35. The molecule has 0 spiro atoms. The normalized spacial score (nSPS) is 15.1. The SMILES string of the molecule is CC1=C(C(=O)OCC#Cc2ccccc2)C(c2cccc([N+](=O)[O-])c2)C(c2cccnc2)=C(C)N1. The summed E-state index contributed by atoms with van der Waals surface area (Å²) in [6.07, 6.45) is 3.37. The van der Waals surface area contributed by atoms with Crippen LogP contribution in [0, 0.1) is 22.0 Å². The van der Waals surface area contributed by atoms with Gasteiger partial charge in [-0.3, -0.25) is 15.1 Å². The molecule has 7 heteroatoms. The van der Waals surface area contributed by atoms with Gasteiger partial charge >= 0.3 is 5.97 Å². The van der Waals surface area contributed by atoms with E-state index in [-0.39, 0.29) is 12.3 Å². The molecule has 4 rings (SSSR count). The molecule has 7 nitrogen and oxygen atoms in total. The summed E-state index contributed by atoms with van der Waals surface area (Å²) in [7, 11) is 0. The van der Waals surface area contributed by atoms with Gasteiger partial charge in [-0.05, 0) is 48.7 Å². The molecular weight excluding hydrogens is 442 g/mol. The molecule has 1 N–H and O–H groups in total. The third kappa shape index (κ3) is 5.28. The maximum atomic E-state index is 13.3. The largest absolute Gasteiger partial charge is 0.449 e. The molecule has 1 aliphatic rings. The second-order valence-electron chi connectivity index (χ2n) is 7.97. The molecule has 0 radical (unpaired) electrons. The number of nitrogens with zero attached hydrogens (tertiary/aromatic N) is 2. The number of benzene rings is 2. The number of nitrogens with one attached hydrogen (secondary N) is 1. The number of non-ortho nitro benzene ring substituents is 1. The molecule has 0 saturated carbocycles. The van der Waals surface area contributed by atoms with Crippen molar-refractivity contribution in [3.63, 3.8) is 0 Å². The van der Waals surface area contributed by atoms with Crippen molar-refractivity contribution in [2.24, 2.45) is 0 Å². The Morgan fingerprint density at radius 1 is 1.09 bits per heavy atom. The molecular formula is C28H23N3O4. The van der Waals surface area contributed by atoms with Crippen LogP contribution in [0.25, 0.3) is 5.57 Å². The first-order chi connectivity index (χ1) is 17.0. The molecule has 0 saturated heterocycles. The van der Waals surface area contributed by atoms with E-state index in [0.29, 0.717) is 16.8 Å². The van der Waals surface area contributed by atoms with Crippen LogP contribution in [0.15, 0.2) is 96.1 Å². The predicted octanol–water partition coefficient (Wildman–Crippen LogP) is 4.98. The summed E-state index contributed by atoms with van der Waals surface area (Å²) in [5.74, 6) is 4.71. The van der Waals surface area contributed by atoms with E-state index >= 15 is 0 Å². The predicted molar refractivity (Wildman–Crippen MR) is 133 cm³/mol. The fourth-order valence-corrected chi connectivity index (χ4v) is 4.16. The van der Waals surface area contributed by atoms with Crippen LogP contribution in [-0.4, -0.2) is 22.5 Å². The molecule has 0 fully saturated rings. The number of dihydropyridines is 1. The molecule has 0 bridgehead atoms. The first-order valence-electron chi connectivity index (χ1n) is 11.0. The maximum Gasteiger partial charge on any atom is 0.337 e. The topological polar surface area (TPSA) is 94.4 Å². The van der Waals surface area contributed by atoms with Crippen molar-refractivity contribution < 1.29 is 14.5 Å². The third-order valence-electron chi connectivity index (χ3n) is 5.65. The third-order valence-corrected chi connectivity index (χ3v) is 5.65. The van der Waals surface area contributed by atoms with Crippen molar-refractivity contribution in [1.82, 2.24) is 10.3 Å². The molecule has 0 aliphatic carbocycles. The van der Waals surface area contributed by atoms with E-state index in [9.17, 15) is 14.9 Å². The Balaban J connectivity index is 1.72. The number of esters is 1. The van der Waals surface area contributed by atoms with Gasteiger partial charge in [0.15, 0.2) is 6.61 Å². The van der Waals surface area contributed by atoms with Gasteiger partial charge in [-0.25, -0.2) is 4.79 Å². The van der Waals surface area contributed by atoms with Crippen molar-refractivity contribution in [2.75, 3.05) is 6.61 Å². The summed E-state index contributed by atoms with van der Waals surface area (Å²) in [6.45, 7) is 3.61. The van der Waals surface area contributed by atoms with Gasteiger partial charge in [0, 0.05) is 47.4 Å². The molecule has 2 aromatic carbocycles. The van der Waals surface area contributed by atoms with Crippen LogP contribution in [0.2, 0.25) is 0 Å². The number of pyridine rings is 1. The summed E-state index contributed by atoms with van der Waals surface area (Å²) < 4.78 is 5.54. The van der Waals surface area contributed by atoms with Crippen molar-refractivity contribution in [1.29, 1.82) is 0 Å². The second-order valence-corrected chi connectivity index (χ2v) is 7.97. The molecule has 2 heterocycles. The average Bonchev–Trinajstić information content (AvgIpc) is 2.87.